The van der Waals surface area contributed by atoms with Crippen molar-refractivity contribution >= 4 is 5.52 Å². The highest BCUT2D eigenvalue weighted by molar-refractivity contribution is 5.75. The Labute approximate surface area is 116 Å². The lowest BCUT2D eigenvalue weighted by molar-refractivity contribution is 0.383. The van der Waals surface area contributed by atoms with E-state index in [4.69, 9.17) is 4.42 Å². The van der Waals surface area contributed by atoms with Crippen molar-refractivity contribution in [3.8, 4) is 11.3 Å². The smallest absolute Gasteiger partial charge is 0.208 e. The molecule has 0 bridgehead atoms. The molecule has 0 radical (unpaired) electrons. The zero-order valence-electron chi connectivity index (χ0n) is 11.8. The van der Waals surface area contributed by atoms with Crippen LogP contribution in [-0.2, 0) is 6.54 Å². The Hall–Kier alpha value is -2.21. The molecule has 3 rings (SSSR count). The Kier molecular flexibility index (Phi) is 3.02. The van der Waals surface area contributed by atoms with Gasteiger partial charge in [0, 0.05) is 17.9 Å². The van der Waals surface area contributed by atoms with Crippen molar-refractivity contribution in [3.05, 3.63) is 36.9 Å². The lowest BCUT2D eigenvalue weighted by Crippen LogP contribution is -2.35. The molecule has 20 heavy (non-hydrogen) atoms. The zero-order valence-corrected chi connectivity index (χ0v) is 11.8. The fraction of sp³-hybridized carbons (Fsp3) is 0.357. The molecule has 0 aliphatic heterocycles. The Balaban J connectivity index is 1.86. The van der Waals surface area contributed by atoms with Gasteiger partial charge >= 0.3 is 0 Å². The van der Waals surface area contributed by atoms with Crippen LogP contribution in [0.2, 0.25) is 0 Å². The van der Waals surface area contributed by atoms with Gasteiger partial charge in [-0.3, -0.25) is 4.98 Å². The van der Waals surface area contributed by atoms with Gasteiger partial charge in [-0.15, -0.1) is 0 Å². The van der Waals surface area contributed by atoms with Gasteiger partial charge in [-0.1, -0.05) is 0 Å². The Morgan fingerprint density at radius 2 is 2.10 bits per heavy atom. The van der Waals surface area contributed by atoms with E-state index in [2.05, 4.69) is 41.2 Å². The van der Waals surface area contributed by atoms with Crippen molar-refractivity contribution in [2.24, 2.45) is 0 Å². The average Bonchev–Trinajstić information content (AvgIpc) is 3.01. The molecule has 0 fully saturated rings. The monoisotopic (exact) mass is 271 g/mol. The van der Waals surface area contributed by atoms with E-state index in [1.165, 1.54) is 0 Å². The van der Waals surface area contributed by atoms with Crippen molar-refractivity contribution < 1.29 is 4.42 Å². The lowest BCUT2D eigenvalue weighted by atomic mass is 10.1. The fourth-order valence-corrected chi connectivity index (χ4v) is 1.88. The highest BCUT2D eigenvalue weighted by Crippen LogP contribution is 2.24. The third-order valence-electron chi connectivity index (χ3n) is 2.91. The van der Waals surface area contributed by atoms with Crippen molar-refractivity contribution in [2.45, 2.75) is 32.9 Å². The molecule has 6 heteroatoms. The van der Waals surface area contributed by atoms with E-state index >= 15 is 0 Å². The molecule has 0 aliphatic rings. The Bertz CT molecular complexity index is 722. The van der Waals surface area contributed by atoms with Crippen LogP contribution in [0.4, 0.5) is 0 Å². The first kappa shape index (κ1) is 12.8. The van der Waals surface area contributed by atoms with Crippen LogP contribution in [0.3, 0.4) is 0 Å². The van der Waals surface area contributed by atoms with Crippen molar-refractivity contribution in [1.29, 1.82) is 0 Å². The van der Waals surface area contributed by atoms with E-state index in [-0.39, 0.29) is 5.54 Å². The molecule has 1 N–H and O–H groups in total. The minimum atomic E-state index is 0.0307. The van der Waals surface area contributed by atoms with Crippen molar-refractivity contribution in [1.82, 2.24) is 24.9 Å². The van der Waals surface area contributed by atoms with Crippen LogP contribution < -0.4 is 5.32 Å². The minimum Gasteiger partial charge on any atom is -0.439 e. The van der Waals surface area contributed by atoms with Gasteiger partial charge in [0.05, 0.1) is 36.2 Å². The predicted molar refractivity (Wildman–Crippen MR) is 75.1 cm³/mol. The summed E-state index contributed by atoms with van der Waals surface area (Å²) < 4.78 is 7.54. The summed E-state index contributed by atoms with van der Waals surface area (Å²) in [7, 11) is 0. The van der Waals surface area contributed by atoms with Gasteiger partial charge < -0.3 is 9.73 Å². The standard InChI is InChI=1S/C14H17N5O/c1-14(2,3)17-9-13-16-8-12(20-13)10-6-18-19-5-4-15-7-11(10)19/h4-8,17H,9H2,1-3H3. The molecule has 0 spiro atoms. The summed E-state index contributed by atoms with van der Waals surface area (Å²) in [4.78, 5) is 8.41. The van der Waals surface area contributed by atoms with Crippen LogP contribution in [0.15, 0.2) is 35.4 Å². The molecular formula is C14H17N5O. The minimum absolute atomic E-state index is 0.0307. The first-order valence-electron chi connectivity index (χ1n) is 6.50. The van der Waals surface area contributed by atoms with E-state index in [9.17, 15) is 0 Å². The van der Waals surface area contributed by atoms with Crippen LogP contribution in [0.1, 0.15) is 26.7 Å². The maximum absolute atomic E-state index is 5.78. The second-order valence-corrected chi connectivity index (χ2v) is 5.69. The second-order valence-electron chi connectivity index (χ2n) is 5.69. The highest BCUT2D eigenvalue weighted by Gasteiger charge is 2.14. The van der Waals surface area contributed by atoms with Gasteiger partial charge in [-0.2, -0.15) is 5.10 Å². The average molecular weight is 271 g/mol. The van der Waals surface area contributed by atoms with Gasteiger partial charge in [0.15, 0.2) is 5.76 Å². The summed E-state index contributed by atoms with van der Waals surface area (Å²) in [6, 6.07) is 0. The van der Waals surface area contributed by atoms with Crippen LogP contribution in [0.25, 0.3) is 16.8 Å². The van der Waals surface area contributed by atoms with E-state index < -0.39 is 0 Å². The molecule has 6 nitrogen and oxygen atoms in total. The number of oxazole rings is 1. The fourth-order valence-electron chi connectivity index (χ4n) is 1.88. The molecule has 0 aliphatic carbocycles. The molecule has 3 aromatic rings. The third kappa shape index (κ3) is 2.55. The zero-order chi connectivity index (χ0) is 14.2. The maximum atomic E-state index is 5.78. The number of hydrogen-bond donors (Lipinski definition) is 1. The molecule has 104 valence electrons. The summed E-state index contributed by atoms with van der Waals surface area (Å²) in [5.41, 5.74) is 1.83. The van der Waals surface area contributed by atoms with Gasteiger partial charge in [-0.05, 0) is 20.8 Å². The van der Waals surface area contributed by atoms with Crippen molar-refractivity contribution in [3.63, 3.8) is 0 Å². The molecule has 3 aromatic heterocycles. The molecule has 3 heterocycles. The van der Waals surface area contributed by atoms with Gasteiger partial charge in [0.1, 0.15) is 0 Å². The maximum Gasteiger partial charge on any atom is 0.208 e. The van der Waals surface area contributed by atoms with Crippen LogP contribution >= 0.6 is 0 Å². The topological polar surface area (TPSA) is 68.2 Å². The summed E-state index contributed by atoms with van der Waals surface area (Å²) in [6.07, 6.45) is 8.75. The Morgan fingerprint density at radius 3 is 2.90 bits per heavy atom. The number of fused-ring (bicyclic) bond motifs is 1. The summed E-state index contributed by atoms with van der Waals surface area (Å²) in [5, 5.41) is 7.61. The van der Waals surface area contributed by atoms with Gasteiger partial charge in [0.25, 0.3) is 0 Å². The van der Waals surface area contributed by atoms with E-state index in [0.717, 1.165) is 11.1 Å². The van der Waals surface area contributed by atoms with Gasteiger partial charge in [-0.25, -0.2) is 9.50 Å². The summed E-state index contributed by atoms with van der Waals surface area (Å²) in [5.74, 6) is 1.37. The SMILES string of the molecule is CC(C)(C)NCc1ncc(-c2cnn3ccncc23)o1. The molecule has 0 saturated carbocycles. The first-order valence-corrected chi connectivity index (χ1v) is 6.50. The third-order valence-corrected chi connectivity index (χ3v) is 2.91. The number of nitrogens with one attached hydrogen (secondary N) is 1. The lowest BCUT2D eigenvalue weighted by Gasteiger charge is -2.18. The van der Waals surface area contributed by atoms with E-state index in [1.807, 2.05) is 0 Å². The molecule has 0 atom stereocenters. The molecule has 0 saturated heterocycles. The highest BCUT2D eigenvalue weighted by atomic mass is 16.4. The number of hydrogen-bond acceptors (Lipinski definition) is 5. The number of nitrogens with zero attached hydrogens (tertiary/aromatic N) is 4. The second kappa shape index (κ2) is 4.72. The molecule has 0 aromatic carbocycles. The molecule has 0 amide bonds. The predicted octanol–water partition coefficient (Wildman–Crippen LogP) is 2.27. The van der Waals surface area contributed by atoms with Gasteiger partial charge in [0.2, 0.25) is 5.89 Å². The van der Waals surface area contributed by atoms with Crippen LogP contribution in [0, 0.1) is 0 Å². The number of rotatable bonds is 3. The summed E-state index contributed by atoms with van der Waals surface area (Å²) >= 11 is 0. The van der Waals surface area contributed by atoms with E-state index in [1.54, 1.807) is 35.5 Å². The molecular weight excluding hydrogens is 254 g/mol. The van der Waals surface area contributed by atoms with E-state index in [0.29, 0.717) is 18.2 Å². The number of aromatic nitrogens is 4. The first-order chi connectivity index (χ1) is 9.53. The van der Waals surface area contributed by atoms with Crippen LogP contribution in [-0.4, -0.2) is 25.1 Å². The van der Waals surface area contributed by atoms with Crippen LogP contribution in [0.5, 0.6) is 0 Å². The normalized spacial score (nSPS) is 12.2. The largest absolute Gasteiger partial charge is 0.439 e. The molecule has 0 unspecified atom stereocenters. The Morgan fingerprint density at radius 1 is 1.25 bits per heavy atom. The quantitative estimate of drug-likeness (QED) is 0.791. The summed E-state index contributed by atoms with van der Waals surface area (Å²) in [6.45, 7) is 6.91. The van der Waals surface area contributed by atoms with Crippen molar-refractivity contribution in [2.75, 3.05) is 0 Å².